The van der Waals surface area contributed by atoms with E-state index in [2.05, 4.69) is 37.8 Å². The minimum atomic E-state index is 0. The molecular formula is C16H23IN8. The quantitative estimate of drug-likeness (QED) is 0.336. The van der Waals surface area contributed by atoms with Gasteiger partial charge in [0.2, 0.25) is 0 Å². The number of hydrogen-bond acceptors (Lipinski definition) is 4. The molecule has 0 amide bonds. The summed E-state index contributed by atoms with van der Waals surface area (Å²) in [5.41, 5.74) is 0.838. The lowest BCUT2D eigenvalue weighted by Crippen LogP contribution is -2.40. The summed E-state index contributed by atoms with van der Waals surface area (Å²) in [5, 5.41) is 19.2. The maximum Gasteiger partial charge on any atom is 0.191 e. The van der Waals surface area contributed by atoms with E-state index in [0.717, 1.165) is 30.5 Å². The zero-order valence-corrected chi connectivity index (χ0v) is 16.7. The fourth-order valence-corrected chi connectivity index (χ4v) is 2.46. The molecule has 0 radical (unpaired) electrons. The van der Waals surface area contributed by atoms with Crippen LogP contribution in [0.5, 0.6) is 0 Å². The van der Waals surface area contributed by atoms with Crippen molar-refractivity contribution in [2.24, 2.45) is 10.9 Å². The molecule has 2 N–H and O–H groups in total. The predicted molar refractivity (Wildman–Crippen MR) is 108 cm³/mol. The Labute approximate surface area is 163 Å². The number of halogens is 1. The number of guanidine groups is 1. The Morgan fingerprint density at radius 1 is 1.20 bits per heavy atom. The van der Waals surface area contributed by atoms with Crippen LogP contribution in [0.3, 0.4) is 0 Å². The highest BCUT2D eigenvalue weighted by Gasteiger charge is 2.07. The summed E-state index contributed by atoms with van der Waals surface area (Å²) in [6.45, 7) is 4.40. The standard InChI is InChI=1S/C16H22N8.HI/c1-13(12-23-8-5-7-20-23)10-18-16(17-2)19-11-15-22-21-14-6-3-4-9-24(14)15;/h3-9,13H,10-12H2,1-2H3,(H2,17,18,19);1H. The third-order valence-corrected chi connectivity index (χ3v) is 3.70. The van der Waals surface area contributed by atoms with Gasteiger partial charge in [0.25, 0.3) is 0 Å². The van der Waals surface area contributed by atoms with E-state index >= 15 is 0 Å². The molecule has 3 rings (SSSR count). The first kappa shape index (κ1) is 19.2. The number of nitrogens with one attached hydrogen (secondary N) is 2. The summed E-state index contributed by atoms with van der Waals surface area (Å²) in [7, 11) is 1.76. The van der Waals surface area contributed by atoms with Gasteiger partial charge in [-0.1, -0.05) is 13.0 Å². The Bertz CT molecular complexity index is 795. The van der Waals surface area contributed by atoms with E-state index in [9.17, 15) is 0 Å². The minimum Gasteiger partial charge on any atom is -0.356 e. The molecule has 0 aliphatic rings. The second-order valence-corrected chi connectivity index (χ2v) is 5.69. The summed E-state index contributed by atoms with van der Waals surface area (Å²) in [6, 6.07) is 7.77. The predicted octanol–water partition coefficient (Wildman–Crippen LogP) is 1.55. The molecule has 9 heteroatoms. The number of hydrogen-bond donors (Lipinski definition) is 2. The fourth-order valence-electron chi connectivity index (χ4n) is 2.46. The third-order valence-electron chi connectivity index (χ3n) is 3.70. The summed E-state index contributed by atoms with van der Waals surface area (Å²) in [6.07, 6.45) is 5.72. The van der Waals surface area contributed by atoms with Crippen LogP contribution in [0.25, 0.3) is 5.65 Å². The van der Waals surface area contributed by atoms with Crippen molar-refractivity contribution in [3.05, 3.63) is 48.7 Å². The van der Waals surface area contributed by atoms with Crippen LogP contribution in [0.1, 0.15) is 12.7 Å². The average molecular weight is 454 g/mol. The van der Waals surface area contributed by atoms with Gasteiger partial charge in [0.15, 0.2) is 17.4 Å². The monoisotopic (exact) mass is 454 g/mol. The number of aromatic nitrogens is 5. The van der Waals surface area contributed by atoms with Crippen LogP contribution in [0.2, 0.25) is 0 Å². The van der Waals surface area contributed by atoms with Gasteiger partial charge in [0.1, 0.15) is 0 Å². The normalized spacial score (nSPS) is 12.6. The average Bonchev–Trinajstić information content (AvgIpc) is 3.25. The third kappa shape index (κ3) is 5.15. The molecule has 0 aliphatic carbocycles. The zero-order chi connectivity index (χ0) is 16.8. The molecule has 1 unspecified atom stereocenters. The van der Waals surface area contributed by atoms with Crippen LogP contribution in [-0.4, -0.2) is 43.9 Å². The largest absolute Gasteiger partial charge is 0.356 e. The number of fused-ring (bicyclic) bond motifs is 1. The summed E-state index contributed by atoms with van der Waals surface area (Å²) < 4.78 is 3.89. The molecule has 0 spiro atoms. The number of pyridine rings is 1. The smallest absolute Gasteiger partial charge is 0.191 e. The van der Waals surface area contributed by atoms with E-state index in [1.165, 1.54) is 0 Å². The second kappa shape index (κ2) is 9.35. The van der Waals surface area contributed by atoms with Crippen LogP contribution in [0.4, 0.5) is 0 Å². The van der Waals surface area contributed by atoms with Gasteiger partial charge >= 0.3 is 0 Å². The van der Waals surface area contributed by atoms with E-state index in [4.69, 9.17) is 0 Å². The zero-order valence-electron chi connectivity index (χ0n) is 14.3. The van der Waals surface area contributed by atoms with E-state index in [1.807, 2.05) is 45.7 Å². The number of nitrogens with zero attached hydrogens (tertiary/aromatic N) is 6. The Kier molecular flexibility index (Phi) is 7.16. The molecule has 3 aromatic rings. The maximum atomic E-state index is 4.25. The first-order valence-corrected chi connectivity index (χ1v) is 7.97. The van der Waals surface area contributed by atoms with Crippen molar-refractivity contribution in [1.29, 1.82) is 0 Å². The Morgan fingerprint density at radius 2 is 2.08 bits per heavy atom. The van der Waals surface area contributed by atoms with Gasteiger partial charge < -0.3 is 10.6 Å². The maximum absolute atomic E-state index is 4.25. The molecule has 1 atom stereocenters. The molecule has 3 heterocycles. The first-order valence-electron chi connectivity index (χ1n) is 7.97. The first-order chi connectivity index (χ1) is 11.8. The van der Waals surface area contributed by atoms with Crippen molar-refractivity contribution in [3.63, 3.8) is 0 Å². The molecule has 0 aromatic carbocycles. The van der Waals surface area contributed by atoms with E-state index in [-0.39, 0.29) is 24.0 Å². The van der Waals surface area contributed by atoms with Gasteiger partial charge in [-0.3, -0.25) is 14.1 Å². The Hall–Kier alpha value is -2.17. The van der Waals surface area contributed by atoms with E-state index in [0.29, 0.717) is 12.5 Å². The van der Waals surface area contributed by atoms with Crippen molar-refractivity contribution >= 4 is 35.6 Å². The number of rotatable bonds is 6. The molecule has 0 saturated carbocycles. The highest BCUT2D eigenvalue weighted by Crippen LogP contribution is 2.02. The SMILES string of the molecule is CN=C(NCc1nnc2ccccn12)NCC(C)Cn1cccn1.I. The van der Waals surface area contributed by atoms with Gasteiger partial charge in [-0.15, -0.1) is 34.2 Å². The molecule has 8 nitrogen and oxygen atoms in total. The molecule has 25 heavy (non-hydrogen) atoms. The van der Waals surface area contributed by atoms with Crippen LogP contribution < -0.4 is 10.6 Å². The van der Waals surface area contributed by atoms with Crippen LogP contribution in [0.15, 0.2) is 47.8 Å². The molecule has 0 bridgehead atoms. The minimum absolute atomic E-state index is 0. The lowest BCUT2D eigenvalue weighted by atomic mass is 10.2. The summed E-state index contributed by atoms with van der Waals surface area (Å²) in [5.74, 6) is 2.02. The lowest BCUT2D eigenvalue weighted by molar-refractivity contribution is 0.443. The fraction of sp³-hybridized carbons (Fsp3) is 0.375. The van der Waals surface area contributed by atoms with Crippen LogP contribution in [-0.2, 0) is 13.1 Å². The molecule has 3 aromatic heterocycles. The topological polar surface area (TPSA) is 84.4 Å². The van der Waals surface area contributed by atoms with E-state index < -0.39 is 0 Å². The van der Waals surface area contributed by atoms with Crippen molar-refractivity contribution in [2.45, 2.75) is 20.0 Å². The van der Waals surface area contributed by atoms with Crippen LogP contribution in [0, 0.1) is 5.92 Å². The lowest BCUT2D eigenvalue weighted by Gasteiger charge is -2.15. The molecule has 0 aliphatic heterocycles. The van der Waals surface area contributed by atoms with Crippen LogP contribution >= 0.6 is 24.0 Å². The highest BCUT2D eigenvalue weighted by atomic mass is 127. The molecule has 0 saturated heterocycles. The van der Waals surface area contributed by atoms with Gasteiger partial charge in [0, 0.05) is 38.7 Å². The Balaban J connectivity index is 0.00000225. The van der Waals surface area contributed by atoms with Crippen molar-refractivity contribution < 1.29 is 0 Å². The van der Waals surface area contributed by atoms with Gasteiger partial charge in [-0.2, -0.15) is 5.10 Å². The van der Waals surface area contributed by atoms with Gasteiger partial charge in [-0.05, 0) is 24.1 Å². The summed E-state index contributed by atoms with van der Waals surface area (Å²) >= 11 is 0. The highest BCUT2D eigenvalue weighted by molar-refractivity contribution is 14.0. The van der Waals surface area contributed by atoms with E-state index in [1.54, 1.807) is 13.2 Å². The molecular weight excluding hydrogens is 431 g/mol. The van der Waals surface area contributed by atoms with Crippen molar-refractivity contribution in [2.75, 3.05) is 13.6 Å². The molecule has 134 valence electrons. The Morgan fingerprint density at radius 3 is 2.84 bits per heavy atom. The molecule has 0 fully saturated rings. The van der Waals surface area contributed by atoms with Crippen molar-refractivity contribution in [3.8, 4) is 0 Å². The number of aliphatic imine (C=N–C) groups is 1. The summed E-state index contributed by atoms with van der Waals surface area (Å²) in [4.78, 5) is 4.25. The van der Waals surface area contributed by atoms with Gasteiger partial charge in [0.05, 0.1) is 6.54 Å². The second-order valence-electron chi connectivity index (χ2n) is 5.69. The van der Waals surface area contributed by atoms with Gasteiger partial charge in [-0.25, -0.2) is 0 Å². The van der Waals surface area contributed by atoms with Crippen molar-refractivity contribution in [1.82, 2.24) is 35.0 Å².